The number of pyridine rings is 1. The number of benzene rings is 2. The van der Waals surface area contributed by atoms with Gasteiger partial charge in [-0.3, -0.25) is 9.59 Å². The summed E-state index contributed by atoms with van der Waals surface area (Å²) in [4.78, 5) is 30.1. The summed E-state index contributed by atoms with van der Waals surface area (Å²) in [6.45, 7) is 5.56. The van der Waals surface area contributed by atoms with Crippen molar-refractivity contribution in [2.75, 3.05) is 23.9 Å². The summed E-state index contributed by atoms with van der Waals surface area (Å²) in [5, 5.41) is 11.5. The molecule has 0 radical (unpaired) electrons. The van der Waals surface area contributed by atoms with Gasteiger partial charge in [-0.2, -0.15) is 13.4 Å². The maximum absolute atomic E-state index is 13.7. The van der Waals surface area contributed by atoms with Crippen LogP contribution in [0.5, 0.6) is 11.8 Å². The van der Waals surface area contributed by atoms with Gasteiger partial charge in [-0.15, -0.1) is 4.40 Å². The Morgan fingerprint density at radius 1 is 1.22 bits per heavy atom. The van der Waals surface area contributed by atoms with Crippen LogP contribution in [0.4, 0.5) is 5.69 Å². The summed E-state index contributed by atoms with van der Waals surface area (Å²) in [6.07, 6.45) is -0.408. The number of esters is 1. The average Bonchev–Trinajstić information content (AvgIpc) is 3.23. The molecule has 0 atom stereocenters. The molecule has 3 heterocycles. The zero-order valence-electron chi connectivity index (χ0n) is 20.3. The van der Waals surface area contributed by atoms with Crippen molar-refractivity contribution in [1.29, 1.82) is 0 Å². The fourth-order valence-electron chi connectivity index (χ4n) is 4.13. The minimum absolute atomic E-state index is 0.0689. The molecule has 1 aliphatic heterocycles. The predicted molar refractivity (Wildman–Crippen MR) is 136 cm³/mol. The number of hydrogen-bond donors (Lipinski definition) is 2. The Kier molecular flexibility index (Phi) is 5.67. The first kappa shape index (κ1) is 24.3. The van der Waals surface area contributed by atoms with Gasteiger partial charge in [-0.1, -0.05) is 26.0 Å². The lowest BCUT2D eigenvalue weighted by atomic mass is 10.1. The number of anilines is 1. The number of nitrogens with one attached hydrogen (secondary N) is 1. The second kappa shape index (κ2) is 8.62. The van der Waals surface area contributed by atoms with Gasteiger partial charge in [0.1, 0.15) is 21.7 Å². The van der Waals surface area contributed by atoms with Gasteiger partial charge in [-0.25, -0.2) is 4.68 Å². The highest BCUT2D eigenvalue weighted by Crippen LogP contribution is 2.40. The smallest absolute Gasteiger partial charge is 0.402 e. The molecule has 0 bridgehead atoms. The van der Waals surface area contributed by atoms with E-state index >= 15 is 0 Å². The van der Waals surface area contributed by atoms with E-state index in [0.717, 1.165) is 6.92 Å². The number of ether oxygens (including phenoxy) is 1. The Labute approximate surface area is 210 Å². The zero-order valence-corrected chi connectivity index (χ0v) is 21.2. The van der Waals surface area contributed by atoms with Gasteiger partial charge >= 0.3 is 12.0 Å². The summed E-state index contributed by atoms with van der Waals surface area (Å²) in [7, 11) is -2.92. The van der Waals surface area contributed by atoms with Crippen LogP contribution in [0.15, 0.2) is 54.9 Å². The van der Waals surface area contributed by atoms with E-state index in [2.05, 4.69) is 14.8 Å². The number of aromatic hydroxyl groups is 1. The van der Waals surface area contributed by atoms with Crippen molar-refractivity contribution in [2.24, 2.45) is 10.3 Å². The largest absolute Gasteiger partial charge is 0.506 e. The number of carbonyl (C=O) groups excluding carboxylic acids is 1. The second-order valence-electron chi connectivity index (χ2n) is 8.92. The van der Waals surface area contributed by atoms with Crippen LogP contribution in [-0.4, -0.2) is 48.6 Å². The van der Waals surface area contributed by atoms with Crippen molar-refractivity contribution in [2.45, 2.75) is 25.7 Å². The fourth-order valence-corrected chi connectivity index (χ4v) is 5.52. The molecule has 5 rings (SSSR count). The topological polar surface area (TPSA) is 156 Å². The van der Waals surface area contributed by atoms with Gasteiger partial charge in [-0.05, 0) is 30.2 Å². The standard InChI is InChI=1S/C24H23N5O7S/c1-12(2)11-25-29-15-8-6-5-7-14(15)20(31)18(23(29)32)22-27-37(33,34)21-16(28(22)4)9-10-17-19(21)26-24(36-17)35-13(3)30/h5-10,12,25,31H,11H2,1-4H3. The van der Waals surface area contributed by atoms with E-state index in [1.165, 1.54) is 28.8 Å². The highest BCUT2D eigenvalue weighted by atomic mass is 32.2. The molecule has 0 amide bonds. The Morgan fingerprint density at radius 3 is 2.65 bits per heavy atom. The molecule has 2 aromatic heterocycles. The molecule has 0 saturated heterocycles. The maximum atomic E-state index is 13.7. The molecular formula is C24H23N5O7S. The average molecular weight is 526 g/mol. The van der Waals surface area contributed by atoms with Crippen molar-refractivity contribution in [1.82, 2.24) is 9.66 Å². The molecule has 37 heavy (non-hydrogen) atoms. The lowest BCUT2D eigenvalue weighted by Crippen LogP contribution is -2.41. The normalized spacial score (nSPS) is 14.6. The van der Waals surface area contributed by atoms with Crippen molar-refractivity contribution in [3.05, 3.63) is 52.3 Å². The van der Waals surface area contributed by atoms with Crippen molar-refractivity contribution >= 4 is 49.5 Å². The molecule has 4 aromatic rings. The van der Waals surface area contributed by atoms with Crippen LogP contribution in [0.3, 0.4) is 0 Å². The number of para-hydroxylation sites is 1. The van der Waals surface area contributed by atoms with Crippen LogP contribution in [0.2, 0.25) is 0 Å². The number of rotatable bonds is 5. The van der Waals surface area contributed by atoms with Gasteiger partial charge in [0.25, 0.3) is 15.6 Å². The Hall–Kier alpha value is -4.39. The van der Waals surface area contributed by atoms with Gasteiger partial charge < -0.3 is 24.6 Å². The van der Waals surface area contributed by atoms with Crippen LogP contribution in [0.25, 0.3) is 22.0 Å². The highest BCUT2D eigenvalue weighted by molar-refractivity contribution is 7.90. The van der Waals surface area contributed by atoms with Gasteiger partial charge in [0.2, 0.25) is 0 Å². The molecule has 0 fully saturated rings. The molecule has 1 aliphatic rings. The second-order valence-corrected chi connectivity index (χ2v) is 10.5. The van der Waals surface area contributed by atoms with Crippen LogP contribution in [0.1, 0.15) is 26.3 Å². The maximum Gasteiger partial charge on any atom is 0.402 e. The summed E-state index contributed by atoms with van der Waals surface area (Å²) < 4.78 is 42.3. The van der Waals surface area contributed by atoms with Crippen molar-refractivity contribution in [3.63, 3.8) is 0 Å². The number of fused-ring (bicyclic) bond motifs is 4. The third-order valence-electron chi connectivity index (χ3n) is 5.78. The first-order valence-electron chi connectivity index (χ1n) is 11.3. The van der Waals surface area contributed by atoms with Gasteiger partial charge in [0, 0.05) is 25.9 Å². The van der Waals surface area contributed by atoms with Crippen LogP contribution in [-0.2, 0) is 14.8 Å². The third kappa shape index (κ3) is 3.96. The third-order valence-corrected chi connectivity index (χ3v) is 7.12. The molecule has 2 N–H and O–H groups in total. The van der Waals surface area contributed by atoms with E-state index in [1.807, 2.05) is 13.8 Å². The Morgan fingerprint density at radius 2 is 1.95 bits per heavy atom. The van der Waals surface area contributed by atoms with E-state index < -0.39 is 33.4 Å². The number of sulfonamides is 1. The van der Waals surface area contributed by atoms with E-state index in [4.69, 9.17) is 9.15 Å². The summed E-state index contributed by atoms with van der Waals surface area (Å²) in [5.74, 6) is -1.14. The lowest BCUT2D eigenvalue weighted by Gasteiger charge is -2.28. The summed E-state index contributed by atoms with van der Waals surface area (Å²) in [6, 6.07) is 9.65. The van der Waals surface area contributed by atoms with E-state index in [-0.39, 0.29) is 39.0 Å². The number of carbonyl (C=O) groups is 1. The predicted octanol–water partition coefficient (Wildman–Crippen LogP) is 2.56. The monoisotopic (exact) mass is 525 g/mol. The molecule has 0 unspecified atom stereocenters. The van der Waals surface area contributed by atoms with E-state index in [0.29, 0.717) is 17.4 Å². The molecule has 2 aromatic carbocycles. The molecule has 0 spiro atoms. The van der Waals surface area contributed by atoms with Crippen molar-refractivity contribution in [3.8, 4) is 11.8 Å². The Bertz CT molecular complexity index is 1790. The van der Waals surface area contributed by atoms with E-state index in [9.17, 15) is 23.1 Å². The molecule has 12 nitrogen and oxygen atoms in total. The number of nitrogens with zero attached hydrogens (tertiary/aromatic N) is 4. The molecule has 0 aliphatic carbocycles. The first-order chi connectivity index (χ1) is 17.5. The molecular weight excluding hydrogens is 502 g/mol. The van der Waals surface area contributed by atoms with Crippen LogP contribution in [0, 0.1) is 5.92 Å². The van der Waals surface area contributed by atoms with Crippen molar-refractivity contribution < 1.29 is 27.5 Å². The zero-order chi connectivity index (χ0) is 26.6. The van der Waals surface area contributed by atoms with Crippen LogP contribution < -0.4 is 20.6 Å². The molecule has 0 saturated carbocycles. The highest BCUT2D eigenvalue weighted by Gasteiger charge is 2.36. The minimum Gasteiger partial charge on any atom is -0.506 e. The van der Waals surface area contributed by atoms with Gasteiger partial charge in [0.15, 0.2) is 11.4 Å². The first-order valence-corrected chi connectivity index (χ1v) is 12.7. The summed E-state index contributed by atoms with van der Waals surface area (Å²) in [5.41, 5.74) is 2.68. The minimum atomic E-state index is -4.44. The number of aromatic nitrogens is 2. The number of amidine groups is 1. The van der Waals surface area contributed by atoms with E-state index in [1.54, 1.807) is 24.3 Å². The summed E-state index contributed by atoms with van der Waals surface area (Å²) >= 11 is 0. The number of hydrogen-bond acceptors (Lipinski definition) is 10. The molecule has 13 heteroatoms. The van der Waals surface area contributed by atoms with Crippen LogP contribution >= 0.6 is 0 Å². The SMILES string of the molecule is CC(=O)Oc1nc2c3c(ccc2o1)N(C)C(c1c(O)c2ccccc2n(NCC(C)C)c1=O)=NS3(=O)=O. The Balaban J connectivity index is 1.75. The quantitative estimate of drug-likeness (QED) is 0.371. The van der Waals surface area contributed by atoms with Gasteiger partial charge in [0.05, 0.1) is 11.2 Å². The lowest BCUT2D eigenvalue weighted by molar-refractivity contribution is -0.133. The number of oxazole rings is 1. The fraction of sp³-hybridized carbons (Fsp3) is 0.250. The molecule has 192 valence electrons.